The number of benzene rings is 2. The number of pyridine rings is 1. The van der Waals surface area contributed by atoms with E-state index in [1.54, 1.807) is 37.4 Å². The van der Waals surface area contributed by atoms with Crippen molar-refractivity contribution in [2.75, 3.05) is 54.5 Å². The lowest BCUT2D eigenvalue weighted by Crippen LogP contribution is -2.62. The molecule has 16 nitrogen and oxygen atoms in total. The van der Waals surface area contributed by atoms with Crippen LogP contribution in [0.15, 0.2) is 54.7 Å². The third-order valence-electron chi connectivity index (χ3n) is 14.8. The number of hydrazine groups is 1. The normalized spacial score (nSPS) is 20.4. The van der Waals surface area contributed by atoms with Crippen LogP contribution in [0.3, 0.4) is 0 Å². The van der Waals surface area contributed by atoms with Crippen LogP contribution >= 0.6 is 0 Å². The van der Waals surface area contributed by atoms with E-state index < -0.39 is 52.8 Å². The summed E-state index contributed by atoms with van der Waals surface area (Å²) in [5.74, 6) is 2.71. The molecule has 5 heterocycles. The lowest BCUT2D eigenvalue weighted by Gasteiger charge is -2.37. The number of esters is 1. The molecule has 4 amide bonds. The van der Waals surface area contributed by atoms with Crippen LogP contribution in [0, 0.1) is 29.1 Å². The number of hydrogen-bond donors (Lipinski definition) is 3. The highest BCUT2D eigenvalue weighted by molar-refractivity contribution is 5.97. The summed E-state index contributed by atoms with van der Waals surface area (Å²) in [6.07, 6.45) is 3.35. The Balaban J connectivity index is 1.25. The van der Waals surface area contributed by atoms with Gasteiger partial charge in [-0.1, -0.05) is 45.7 Å². The predicted octanol–water partition coefficient (Wildman–Crippen LogP) is 6.13. The molecule has 7 rings (SSSR count). The number of likely N-dealkylation sites (N-methyl/N-ethyl adjacent to an activating group) is 1. The maximum atomic E-state index is 14.8. The highest BCUT2D eigenvalue weighted by atomic mass is 16.5. The number of aromatic nitrogens is 2. The Morgan fingerprint density at radius 2 is 1.79 bits per heavy atom. The number of nitrogens with one attached hydrogen (secondary N) is 2. The van der Waals surface area contributed by atoms with Crippen molar-refractivity contribution < 1.29 is 38.6 Å². The van der Waals surface area contributed by atoms with Gasteiger partial charge in [0.2, 0.25) is 11.8 Å². The van der Waals surface area contributed by atoms with Gasteiger partial charge in [0.1, 0.15) is 23.9 Å². The van der Waals surface area contributed by atoms with E-state index in [1.807, 2.05) is 71.8 Å². The predicted molar refractivity (Wildman–Crippen MR) is 277 cm³/mol. The fraction of sp³-hybridized carbons (Fsp3) is 0.536. The van der Waals surface area contributed by atoms with E-state index in [-0.39, 0.29) is 55.7 Å². The largest absolute Gasteiger partial charge is 0.508 e. The van der Waals surface area contributed by atoms with Gasteiger partial charge in [-0.15, -0.1) is 0 Å². The van der Waals surface area contributed by atoms with E-state index in [2.05, 4.69) is 66.1 Å². The molecule has 3 aliphatic heterocycles. The van der Waals surface area contributed by atoms with Gasteiger partial charge in [-0.05, 0) is 138 Å². The summed E-state index contributed by atoms with van der Waals surface area (Å²) in [5, 5.41) is 16.8. The quantitative estimate of drug-likeness (QED) is 0.123. The first-order valence-electron chi connectivity index (χ1n) is 25.3. The number of hydrogen-bond acceptors (Lipinski definition) is 11. The molecule has 2 saturated heterocycles. The Kier molecular flexibility index (Phi) is 16.2. The summed E-state index contributed by atoms with van der Waals surface area (Å²) >= 11 is 0. The van der Waals surface area contributed by atoms with Crippen molar-refractivity contribution in [1.29, 1.82) is 0 Å². The van der Waals surface area contributed by atoms with Crippen molar-refractivity contribution in [1.82, 2.24) is 40.0 Å². The number of aromatic hydroxyl groups is 1. The number of nitrogens with zero attached hydrogens (tertiary/aromatic N) is 6. The minimum absolute atomic E-state index is 0.0166. The van der Waals surface area contributed by atoms with Crippen molar-refractivity contribution in [3.63, 3.8) is 0 Å². The first-order valence-corrected chi connectivity index (χ1v) is 25.3. The lowest BCUT2D eigenvalue weighted by atomic mass is 9.84. The molecule has 0 saturated carbocycles. The van der Waals surface area contributed by atoms with Gasteiger partial charge in [0.05, 0.1) is 35.6 Å². The smallest absolute Gasteiger partial charge is 0.324 e. The molecule has 3 N–H and O–H groups in total. The summed E-state index contributed by atoms with van der Waals surface area (Å²) in [4.78, 5) is 80.6. The van der Waals surface area contributed by atoms with Crippen LogP contribution in [-0.4, -0.2) is 142 Å². The van der Waals surface area contributed by atoms with Gasteiger partial charge < -0.3 is 34.3 Å². The highest BCUT2D eigenvalue weighted by Gasteiger charge is 2.40. The monoisotopic (exact) mass is 987 g/mol. The molecule has 2 aromatic heterocycles. The molecule has 72 heavy (non-hydrogen) atoms. The maximum Gasteiger partial charge on any atom is 0.324 e. The van der Waals surface area contributed by atoms with Gasteiger partial charge in [-0.25, -0.2) is 5.43 Å². The molecule has 0 radical (unpaired) electrons. The van der Waals surface area contributed by atoms with Crippen LogP contribution in [0.5, 0.6) is 5.75 Å². The number of phenols is 1. The molecule has 2 aromatic carbocycles. The van der Waals surface area contributed by atoms with Crippen LogP contribution < -0.4 is 10.7 Å². The zero-order valence-corrected chi connectivity index (χ0v) is 44.2. The molecule has 0 aliphatic carbocycles. The van der Waals surface area contributed by atoms with Gasteiger partial charge in [-0.3, -0.25) is 38.9 Å². The van der Waals surface area contributed by atoms with Gasteiger partial charge in [0, 0.05) is 74.8 Å². The van der Waals surface area contributed by atoms with E-state index in [9.17, 15) is 29.1 Å². The van der Waals surface area contributed by atoms with E-state index in [1.165, 1.54) is 9.91 Å². The summed E-state index contributed by atoms with van der Waals surface area (Å²) in [5.41, 5.74) is 8.99. The molecule has 6 bridgehead atoms. The molecule has 4 aromatic rings. The van der Waals surface area contributed by atoms with Gasteiger partial charge >= 0.3 is 5.97 Å². The molecule has 5 atom stereocenters. The Labute approximate surface area is 424 Å². The standard InChI is InChI=1S/C56H74N8O8/c1-13-63-46-19-18-37-30-42(46)43(50(63)41-16-14-23-57-48(41)35(4)71-12)31-55(5,6)33-72-54(70)44-17-15-24-64(59-44)53(69)45(28-36-26-39(37)29-40(65)27-36)58-51(67)49(34(2)3)61(11)52(68)38-21-25-62(32-38)47(66)20-22-56(7,8)60(9)10/h14,16,18-19,23,26-27,29-30,34-35,38,44-45,49,59,65H,13,15,17,21,24-25,28,31-33H2,1-12H3,(H,58,67)/t35-,38-,44-,45-,49?/m0/s1. The maximum absolute atomic E-state index is 14.8. The Bertz CT molecular complexity index is 2770. The average molecular weight is 987 g/mol. The van der Waals surface area contributed by atoms with Crippen molar-refractivity contribution in [3.05, 3.63) is 71.5 Å². The minimum Gasteiger partial charge on any atom is -0.508 e. The number of carbonyl (C=O) groups is 5. The van der Waals surface area contributed by atoms with Crippen LogP contribution in [0.4, 0.5) is 0 Å². The van der Waals surface area contributed by atoms with E-state index >= 15 is 0 Å². The van der Waals surface area contributed by atoms with Gasteiger partial charge in [0.25, 0.3) is 11.8 Å². The fourth-order valence-corrected chi connectivity index (χ4v) is 10.2. The first kappa shape index (κ1) is 53.5. The van der Waals surface area contributed by atoms with Crippen LogP contribution in [0.25, 0.3) is 33.3 Å². The third-order valence-corrected chi connectivity index (χ3v) is 14.8. The number of cyclic esters (lactones) is 1. The topological polar surface area (TPSA) is 179 Å². The summed E-state index contributed by atoms with van der Waals surface area (Å²) < 4.78 is 14.2. The number of phenolic OH excluding ortho intramolecular Hbond substituents is 1. The Hall–Kier alpha value is -6.28. The zero-order chi connectivity index (χ0) is 52.4. The number of amides is 4. The second-order valence-corrected chi connectivity index (χ2v) is 21.6. The average Bonchev–Trinajstić information content (AvgIpc) is 3.96. The van der Waals surface area contributed by atoms with E-state index in [0.717, 1.165) is 39.0 Å². The number of ether oxygens (including phenoxy) is 2. The van der Waals surface area contributed by atoms with Crippen molar-refractivity contribution in [3.8, 4) is 40.0 Å². The van der Waals surface area contributed by atoms with E-state index in [0.29, 0.717) is 49.9 Å². The van der Waals surface area contributed by atoms with Crippen molar-refractivity contribution >= 4 is 40.5 Å². The van der Waals surface area contributed by atoms with Crippen LogP contribution in [0.2, 0.25) is 0 Å². The van der Waals surface area contributed by atoms with Gasteiger partial charge in [-0.2, -0.15) is 0 Å². The zero-order valence-electron chi connectivity index (χ0n) is 44.2. The van der Waals surface area contributed by atoms with Crippen molar-refractivity contribution in [2.45, 2.75) is 124 Å². The molecule has 1 unspecified atom stereocenters. The second-order valence-electron chi connectivity index (χ2n) is 21.6. The van der Waals surface area contributed by atoms with E-state index in [4.69, 9.17) is 14.5 Å². The highest BCUT2D eigenvalue weighted by Crippen LogP contribution is 2.42. The number of likely N-dealkylation sites (tertiary alicyclic amines) is 1. The summed E-state index contributed by atoms with van der Waals surface area (Å²) in [6.45, 7) is 17.3. The number of aryl methyl sites for hydroxylation is 1. The molecule has 16 heteroatoms. The van der Waals surface area contributed by atoms with Crippen LogP contribution in [0.1, 0.15) is 97.6 Å². The molecule has 0 spiro atoms. The minimum atomic E-state index is -1.18. The number of fused-ring (bicyclic) bond motifs is 6. The molecule has 2 fully saturated rings. The number of rotatable bonds is 10. The van der Waals surface area contributed by atoms with Crippen molar-refractivity contribution in [2.24, 2.45) is 17.3 Å². The molecule has 386 valence electrons. The molecule has 3 aliphatic rings. The fourth-order valence-electron chi connectivity index (χ4n) is 10.2. The van der Waals surface area contributed by atoms with Gasteiger partial charge in [0.15, 0.2) is 0 Å². The number of carbonyl (C=O) groups excluding carboxylic acids is 5. The SMILES string of the molecule is CCn1c(-c2cccnc2[C@H](C)OC)c2c3cc(ccc31)-c1cc(O)cc(c1)C[C@H](NC(=O)C(C(C)C)N(C)C(=O)[C@H]1CCN(C(=O)C#CC(C)(C)N(C)C)C1)C(=O)N1CCC[C@H](N1)C(=O)OCC(C)(C)C2. The van der Waals surface area contributed by atoms with Crippen LogP contribution in [-0.2, 0) is 52.8 Å². The Morgan fingerprint density at radius 3 is 2.49 bits per heavy atom. The Morgan fingerprint density at radius 1 is 1.04 bits per heavy atom. The lowest BCUT2D eigenvalue weighted by molar-refractivity contribution is -0.155. The third kappa shape index (κ3) is 11.5. The summed E-state index contributed by atoms with van der Waals surface area (Å²) in [7, 11) is 7.04. The second kappa shape index (κ2) is 21.8. The number of methoxy groups -OCH3 is 1. The molecular weight excluding hydrogens is 913 g/mol. The first-order chi connectivity index (χ1) is 34.0. The molecular formula is C56H74N8O8. The summed E-state index contributed by atoms with van der Waals surface area (Å²) in [6, 6.07) is 12.5.